The smallest absolute Gasteiger partial charge is 0.260 e. The molecule has 2 heterocycles. The summed E-state index contributed by atoms with van der Waals surface area (Å²) in [6.45, 7) is 11.9. The molecule has 1 aromatic heterocycles. The molecule has 134 valence electrons. The van der Waals surface area contributed by atoms with Gasteiger partial charge in [0.2, 0.25) is 0 Å². The maximum atomic E-state index is 12.5. The number of aryl methyl sites for hydroxylation is 2. The van der Waals surface area contributed by atoms with Crippen LogP contribution in [0.4, 0.5) is 0 Å². The average molecular weight is 341 g/mol. The first-order valence-corrected chi connectivity index (χ1v) is 8.79. The summed E-state index contributed by atoms with van der Waals surface area (Å²) >= 11 is 0. The van der Waals surface area contributed by atoms with Crippen LogP contribution < -0.4 is 4.74 Å². The van der Waals surface area contributed by atoms with Crippen LogP contribution in [0.25, 0.3) is 0 Å². The van der Waals surface area contributed by atoms with Crippen molar-refractivity contribution in [1.29, 1.82) is 0 Å². The van der Waals surface area contributed by atoms with Crippen molar-refractivity contribution in [2.75, 3.05) is 13.2 Å². The van der Waals surface area contributed by atoms with Gasteiger partial charge in [0.15, 0.2) is 6.61 Å². The second-order valence-corrected chi connectivity index (χ2v) is 7.88. The van der Waals surface area contributed by atoms with Gasteiger partial charge in [-0.05, 0) is 57.9 Å². The predicted molar refractivity (Wildman–Crippen MR) is 97.8 cm³/mol. The zero-order valence-corrected chi connectivity index (χ0v) is 15.8. The predicted octanol–water partition coefficient (Wildman–Crippen LogP) is 3.22. The molecular formula is C20H27N3O2. The van der Waals surface area contributed by atoms with Crippen LogP contribution in [0.3, 0.4) is 0 Å². The summed E-state index contributed by atoms with van der Waals surface area (Å²) in [5.41, 5.74) is 4.62. The van der Waals surface area contributed by atoms with Gasteiger partial charge in [0.25, 0.3) is 5.91 Å². The lowest BCUT2D eigenvalue weighted by molar-refractivity contribution is -0.134. The molecule has 0 atom stereocenters. The van der Waals surface area contributed by atoms with Crippen LogP contribution in [-0.2, 0) is 23.3 Å². The molecular weight excluding hydrogens is 314 g/mol. The maximum Gasteiger partial charge on any atom is 0.260 e. The van der Waals surface area contributed by atoms with Gasteiger partial charge >= 0.3 is 0 Å². The van der Waals surface area contributed by atoms with Gasteiger partial charge < -0.3 is 9.64 Å². The van der Waals surface area contributed by atoms with E-state index >= 15 is 0 Å². The van der Waals surface area contributed by atoms with E-state index in [1.165, 1.54) is 5.69 Å². The molecule has 0 saturated heterocycles. The number of amides is 1. The van der Waals surface area contributed by atoms with Crippen molar-refractivity contribution in [3.8, 4) is 5.75 Å². The molecule has 0 bridgehead atoms. The Labute approximate surface area is 149 Å². The Balaban J connectivity index is 1.64. The highest BCUT2D eigenvalue weighted by Gasteiger charge is 2.27. The summed E-state index contributed by atoms with van der Waals surface area (Å²) in [6, 6.07) is 6.01. The van der Waals surface area contributed by atoms with E-state index in [1.54, 1.807) is 0 Å². The van der Waals surface area contributed by atoms with Gasteiger partial charge in [-0.1, -0.05) is 6.07 Å². The maximum absolute atomic E-state index is 12.5. The number of benzene rings is 1. The van der Waals surface area contributed by atoms with Gasteiger partial charge in [-0.15, -0.1) is 0 Å². The van der Waals surface area contributed by atoms with Crippen LogP contribution in [-0.4, -0.2) is 33.7 Å². The number of aromatic nitrogens is 2. The number of nitrogens with zero attached hydrogens (tertiary/aromatic N) is 3. The molecule has 1 aromatic carbocycles. The van der Waals surface area contributed by atoms with E-state index in [-0.39, 0.29) is 18.1 Å². The van der Waals surface area contributed by atoms with Crippen molar-refractivity contribution in [3.05, 3.63) is 46.8 Å². The zero-order chi connectivity index (χ0) is 18.2. The molecule has 0 fully saturated rings. The van der Waals surface area contributed by atoms with Crippen molar-refractivity contribution in [1.82, 2.24) is 14.7 Å². The Kier molecular flexibility index (Phi) is 4.58. The molecule has 1 aliphatic heterocycles. The molecule has 25 heavy (non-hydrogen) atoms. The van der Waals surface area contributed by atoms with Crippen LogP contribution in [0.15, 0.2) is 24.4 Å². The Hall–Kier alpha value is -2.30. The zero-order valence-electron chi connectivity index (χ0n) is 15.8. The van der Waals surface area contributed by atoms with E-state index in [0.29, 0.717) is 13.1 Å². The highest BCUT2D eigenvalue weighted by Crippen LogP contribution is 2.24. The summed E-state index contributed by atoms with van der Waals surface area (Å²) in [6.07, 6.45) is 2.73. The third kappa shape index (κ3) is 3.86. The van der Waals surface area contributed by atoms with Crippen LogP contribution in [0, 0.1) is 13.8 Å². The lowest BCUT2D eigenvalue weighted by Crippen LogP contribution is -2.40. The van der Waals surface area contributed by atoms with E-state index in [4.69, 9.17) is 4.74 Å². The van der Waals surface area contributed by atoms with Crippen molar-refractivity contribution >= 4 is 5.91 Å². The van der Waals surface area contributed by atoms with E-state index in [2.05, 4.69) is 36.6 Å². The number of fused-ring (bicyclic) bond motifs is 1. The van der Waals surface area contributed by atoms with Crippen molar-refractivity contribution in [2.45, 2.75) is 53.1 Å². The van der Waals surface area contributed by atoms with Gasteiger partial charge in [-0.25, -0.2) is 0 Å². The molecule has 5 heteroatoms. The fourth-order valence-electron chi connectivity index (χ4n) is 3.38. The molecule has 0 N–H and O–H groups in total. The largest absolute Gasteiger partial charge is 0.484 e. The molecule has 0 unspecified atom stereocenters. The highest BCUT2D eigenvalue weighted by molar-refractivity contribution is 5.78. The Morgan fingerprint density at radius 3 is 2.52 bits per heavy atom. The van der Waals surface area contributed by atoms with Crippen molar-refractivity contribution in [2.24, 2.45) is 0 Å². The fraction of sp³-hybridized carbons (Fsp3) is 0.500. The number of ether oxygens (including phenoxy) is 1. The minimum Gasteiger partial charge on any atom is -0.484 e. The van der Waals surface area contributed by atoms with Gasteiger partial charge in [0, 0.05) is 30.8 Å². The number of hydrogen-bond acceptors (Lipinski definition) is 3. The quantitative estimate of drug-likeness (QED) is 0.861. The number of hydrogen-bond donors (Lipinski definition) is 0. The summed E-state index contributed by atoms with van der Waals surface area (Å²) in [5.74, 6) is 0.775. The second-order valence-electron chi connectivity index (χ2n) is 7.88. The van der Waals surface area contributed by atoms with E-state index < -0.39 is 0 Å². The third-order valence-corrected chi connectivity index (χ3v) is 4.48. The first-order valence-electron chi connectivity index (χ1n) is 8.79. The number of carbonyl (C=O) groups excluding carboxylic acids is 1. The van der Waals surface area contributed by atoms with Crippen LogP contribution >= 0.6 is 0 Å². The highest BCUT2D eigenvalue weighted by atomic mass is 16.5. The summed E-state index contributed by atoms with van der Waals surface area (Å²) in [4.78, 5) is 14.4. The monoisotopic (exact) mass is 341 g/mol. The summed E-state index contributed by atoms with van der Waals surface area (Å²) < 4.78 is 7.80. The van der Waals surface area contributed by atoms with Crippen molar-refractivity contribution < 1.29 is 9.53 Å². The standard InChI is InChI=1S/C20H27N3O2/c1-14-8-15(2)10-17(9-14)25-13-19(24)22-7-6-18-16(12-22)11-21-23(18)20(3,4)5/h8-11H,6-7,12-13H2,1-5H3. The van der Waals surface area contributed by atoms with Gasteiger partial charge in [-0.3, -0.25) is 9.48 Å². The second kappa shape index (κ2) is 6.54. The Morgan fingerprint density at radius 1 is 1.20 bits per heavy atom. The molecule has 1 amide bonds. The molecule has 0 spiro atoms. The van der Waals surface area contributed by atoms with Gasteiger partial charge in [0.1, 0.15) is 5.75 Å². The molecule has 2 aromatic rings. The molecule has 0 radical (unpaired) electrons. The number of carbonyl (C=O) groups is 1. The topological polar surface area (TPSA) is 47.4 Å². The molecule has 0 aliphatic carbocycles. The van der Waals surface area contributed by atoms with Crippen molar-refractivity contribution in [3.63, 3.8) is 0 Å². The minimum atomic E-state index is -0.0358. The SMILES string of the molecule is Cc1cc(C)cc(OCC(=O)N2CCc3c(cnn3C(C)(C)C)C2)c1. The van der Waals surface area contributed by atoms with E-state index in [1.807, 2.05) is 37.1 Å². The Morgan fingerprint density at radius 2 is 1.88 bits per heavy atom. The summed E-state index contributed by atoms with van der Waals surface area (Å²) in [7, 11) is 0. The van der Waals surface area contributed by atoms with Crippen LogP contribution in [0.1, 0.15) is 43.2 Å². The molecule has 3 rings (SSSR count). The van der Waals surface area contributed by atoms with E-state index in [0.717, 1.165) is 28.9 Å². The van der Waals surface area contributed by atoms with Crippen LogP contribution in [0.2, 0.25) is 0 Å². The minimum absolute atomic E-state index is 0.0216. The normalized spacial score (nSPS) is 14.4. The first kappa shape index (κ1) is 17.5. The number of rotatable bonds is 3. The summed E-state index contributed by atoms with van der Waals surface area (Å²) in [5, 5.41) is 4.52. The fourth-order valence-corrected chi connectivity index (χ4v) is 3.38. The van der Waals surface area contributed by atoms with E-state index in [9.17, 15) is 4.79 Å². The first-order chi connectivity index (χ1) is 11.7. The van der Waals surface area contributed by atoms with Gasteiger partial charge in [-0.2, -0.15) is 5.10 Å². The third-order valence-electron chi connectivity index (χ3n) is 4.48. The Bertz CT molecular complexity index is 766. The van der Waals surface area contributed by atoms with Gasteiger partial charge in [0.05, 0.1) is 11.7 Å². The average Bonchev–Trinajstić information content (AvgIpc) is 2.94. The lowest BCUT2D eigenvalue weighted by Gasteiger charge is -2.30. The molecule has 5 nitrogen and oxygen atoms in total. The molecule has 1 aliphatic rings. The molecule has 0 saturated carbocycles. The van der Waals surface area contributed by atoms with Crippen LogP contribution in [0.5, 0.6) is 5.75 Å². The lowest BCUT2D eigenvalue weighted by atomic mass is 10.0.